The van der Waals surface area contributed by atoms with Gasteiger partial charge in [0.1, 0.15) is 5.69 Å². The number of nitrogens with zero attached hydrogens (tertiary/aromatic N) is 1. The monoisotopic (exact) mass is 299 g/mol. The Morgan fingerprint density at radius 3 is 3.05 bits per heavy atom. The van der Waals surface area contributed by atoms with Crippen LogP contribution in [0.1, 0.15) is 30.3 Å². The fraction of sp³-hybridized carbons (Fsp3) is 0.538. The van der Waals surface area contributed by atoms with Gasteiger partial charge in [-0.3, -0.25) is 4.79 Å². The topological polar surface area (TPSA) is 74.4 Å². The van der Waals surface area contributed by atoms with Gasteiger partial charge in [0.25, 0.3) is 5.91 Å². The summed E-state index contributed by atoms with van der Waals surface area (Å²) in [7, 11) is 0. The van der Waals surface area contributed by atoms with Gasteiger partial charge in [-0.2, -0.15) is 0 Å². The minimum Gasteiger partial charge on any atom is -0.450 e. The first-order valence-corrected chi connectivity index (χ1v) is 7.04. The van der Waals surface area contributed by atoms with Crippen LogP contribution in [0, 0.1) is 0 Å². The molecule has 0 spiro atoms. The van der Waals surface area contributed by atoms with Gasteiger partial charge in [-0.15, -0.1) is 0 Å². The highest BCUT2D eigenvalue weighted by atomic mass is 35.5. The predicted octanol–water partition coefficient (Wildman–Crippen LogP) is 2.02. The first-order valence-electron chi connectivity index (χ1n) is 6.66. The number of carbonyl (C=O) groups is 2. The molecule has 1 fully saturated rings. The second-order valence-corrected chi connectivity index (χ2v) is 5.12. The summed E-state index contributed by atoms with van der Waals surface area (Å²) in [5.74, 6) is -0.104. The molecule has 20 heavy (non-hydrogen) atoms. The van der Waals surface area contributed by atoms with Crippen molar-refractivity contribution >= 4 is 23.6 Å². The Kier molecular flexibility index (Phi) is 4.89. The normalized spacial score (nSPS) is 18.7. The van der Waals surface area contributed by atoms with Crippen LogP contribution in [-0.2, 0) is 4.74 Å². The van der Waals surface area contributed by atoms with Crippen LogP contribution in [0.4, 0.5) is 4.79 Å². The summed E-state index contributed by atoms with van der Waals surface area (Å²) < 4.78 is 4.85. The van der Waals surface area contributed by atoms with E-state index in [2.05, 4.69) is 10.3 Å². The second-order valence-electron chi connectivity index (χ2n) is 4.69. The van der Waals surface area contributed by atoms with Gasteiger partial charge in [-0.25, -0.2) is 4.79 Å². The lowest BCUT2D eigenvalue weighted by atomic mass is 10.1. The van der Waals surface area contributed by atoms with E-state index in [0.29, 0.717) is 30.4 Å². The molecule has 2 amide bonds. The Morgan fingerprint density at radius 2 is 2.40 bits per heavy atom. The Labute approximate surface area is 122 Å². The highest BCUT2D eigenvalue weighted by Gasteiger charge is 2.26. The second kappa shape index (κ2) is 6.65. The van der Waals surface area contributed by atoms with Gasteiger partial charge >= 0.3 is 6.09 Å². The summed E-state index contributed by atoms with van der Waals surface area (Å²) in [4.78, 5) is 28.2. The number of amides is 2. The summed E-state index contributed by atoms with van der Waals surface area (Å²) in [5.41, 5.74) is 0.465. The molecule has 1 aromatic heterocycles. The van der Waals surface area contributed by atoms with Crippen molar-refractivity contribution in [3.8, 4) is 0 Å². The number of piperidine rings is 1. The molecule has 1 saturated heterocycles. The average Bonchev–Trinajstić information content (AvgIpc) is 2.85. The first-order chi connectivity index (χ1) is 9.60. The molecule has 1 aromatic rings. The third-order valence-electron chi connectivity index (χ3n) is 3.18. The lowest BCUT2D eigenvalue weighted by Crippen LogP contribution is -2.49. The zero-order valence-electron chi connectivity index (χ0n) is 11.3. The van der Waals surface area contributed by atoms with E-state index in [9.17, 15) is 9.59 Å². The highest BCUT2D eigenvalue weighted by molar-refractivity contribution is 6.30. The molecule has 0 saturated carbocycles. The zero-order chi connectivity index (χ0) is 14.5. The minimum absolute atomic E-state index is 0.0721. The maximum atomic E-state index is 12.3. The minimum atomic E-state index is -0.435. The van der Waals surface area contributed by atoms with E-state index in [1.54, 1.807) is 24.1 Å². The van der Waals surface area contributed by atoms with E-state index in [1.807, 2.05) is 0 Å². The van der Waals surface area contributed by atoms with Crippen LogP contribution in [0.15, 0.2) is 12.3 Å². The van der Waals surface area contributed by atoms with Gasteiger partial charge in [-0.1, -0.05) is 11.6 Å². The molecule has 0 radical (unpaired) electrons. The van der Waals surface area contributed by atoms with Crippen LogP contribution < -0.4 is 5.32 Å². The van der Waals surface area contributed by atoms with Crippen molar-refractivity contribution in [3.63, 3.8) is 0 Å². The Morgan fingerprint density at radius 1 is 1.60 bits per heavy atom. The van der Waals surface area contributed by atoms with E-state index in [0.717, 1.165) is 12.8 Å². The van der Waals surface area contributed by atoms with Crippen molar-refractivity contribution in [3.05, 3.63) is 23.0 Å². The number of aromatic amines is 1. The number of H-pyrrole nitrogens is 1. The lowest BCUT2D eigenvalue weighted by molar-refractivity contribution is 0.0681. The van der Waals surface area contributed by atoms with Gasteiger partial charge in [-0.05, 0) is 25.8 Å². The molecule has 110 valence electrons. The van der Waals surface area contributed by atoms with Crippen molar-refractivity contribution < 1.29 is 14.3 Å². The molecule has 1 atom stereocenters. The Bertz CT molecular complexity index is 489. The number of carbonyl (C=O) groups excluding carboxylic acids is 2. The van der Waals surface area contributed by atoms with Crippen LogP contribution in [0.3, 0.4) is 0 Å². The fourth-order valence-electron chi connectivity index (χ4n) is 2.28. The smallest absolute Gasteiger partial charge is 0.407 e. The number of nitrogens with one attached hydrogen (secondary N) is 2. The summed E-state index contributed by atoms with van der Waals surface area (Å²) in [5, 5.41) is 3.28. The number of hydrogen-bond acceptors (Lipinski definition) is 3. The number of alkyl carbamates (subject to hydrolysis) is 1. The molecule has 1 aliphatic rings. The molecule has 0 aromatic carbocycles. The van der Waals surface area contributed by atoms with Crippen molar-refractivity contribution in [2.24, 2.45) is 0 Å². The van der Waals surface area contributed by atoms with Crippen LogP contribution in [0.5, 0.6) is 0 Å². The SMILES string of the molecule is CCOC(=O)NC1CCCN(C(=O)c2cc(Cl)c[nH]2)C1. The lowest BCUT2D eigenvalue weighted by Gasteiger charge is -2.32. The Balaban J connectivity index is 1.93. The van der Waals surface area contributed by atoms with Gasteiger partial charge in [0.05, 0.1) is 11.6 Å². The number of hydrogen-bond donors (Lipinski definition) is 2. The first kappa shape index (κ1) is 14.7. The van der Waals surface area contributed by atoms with Gasteiger partial charge in [0.15, 0.2) is 0 Å². The van der Waals surface area contributed by atoms with Gasteiger partial charge in [0, 0.05) is 25.3 Å². The van der Waals surface area contributed by atoms with Gasteiger partial charge in [0.2, 0.25) is 0 Å². The van der Waals surface area contributed by atoms with E-state index in [-0.39, 0.29) is 11.9 Å². The number of likely N-dealkylation sites (tertiary alicyclic amines) is 1. The van der Waals surface area contributed by atoms with Crippen LogP contribution in [0.2, 0.25) is 5.02 Å². The summed E-state index contributed by atoms with van der Waals surface area (Å²) in [6, 6.07) is 1.53. The summed E-state index contributed by atoms with van der Waals surface area (Å²) in [6.45, 7) is 3.25. The molecule has 2 N–H and O–H groups in total. The number of halogens is 1. The maximum absolute atomic E-state index is 12.3. The molecule has 0 bridgehead atoms. The molecule has 1 aliphatic heterocycles. The van der Waals surface area contributed by atoms with Crippen LogP contribution in [0.25, 0.3) is 0 Å². The molecule has 7 heteroatoms. The molecule has 2 heterocycles. The van der Waals surface area contributed by atoms with E-state index in [4.69, 9.17) is 16.3 Å². The average molecular weight is 300 g/mol. The Hall–Kier alpha value is -1.69. The van der Waals surface area contributed by atoms with E-state index in [1.165, 1.54) is 0 Å². The van der Waals surface area contributed by atoms with Gasteiger partial charge < -0.3 is 19.9 Å². The number of aromatic nitrogens is 1. The molecular formula is C13H18ClN3O3. The number of rotatable bonds is 3. The molecule has 0 aliphatic carbocycles. The van der Waals surface area contributed by atoms with Crippen molar-refractivity contribution in [1.29, 1.82) is 0 Å². The third kappa shape index (κ3) is 3.66. The molecule has 6 nitrogen and oxygen atoms in total. The zero-order valence-corrected chi connectivity index (χ0v) is 12.1. The summed E-state index contributed by atoms with van der Waals surface area (Å²) >= 11 is 5.80. The standard InChI is InChI=1S/C13H18ClN3O3/c1-2-20-13(19)16-10-4-3-5-17(8-10)12(18)11-6-9(14)7-15-11/h6-7,10,15H,2-5,8H2,1H3,(H,16,19). The van der Waals surface area contributed by atoms with E-state index >= 15 is 0 Å². The molecule has 2 rings (SSSR count). The predicted molar refractivity (Wildman–Crippen MR) is 74.9 cm³/mol. The largest absolute Gasteiger partial charge is 0.450 e. The highest BCUT2D eigenvalue weighted by Crippen LogP contribution is 2.16. The van der Waals surface area contributed by atoms with Crippen LogP contribution >= 0.6 is 11.6 Å². The van der Waals surface area contributed by atoms with E-state index < -0.39 is 6.09 Å². The quantitative estimate of drug-likeness (QED) is 0.896. The van der Waals surface area contributed by atoms with Crippen molar-refractivity contribution in [1.82, 2.24) is 15.2 Å². The number of ether oxygens (including phenoxy) is 1. The van der Waals surface area contributed by atoms with Crippen LogP contribution in [-0.4, -0.2) is 47.6 Å². The van der Waals surface area contributed by atoms with Crippen molar-refractivity contribution in [2.45, 2.75) is 25.8 Å². The molecular weight excluding hydrogens is 282 g/mol. The maximum Gasteiger partial charge on any atom is 0.407 e. The third-order valence-corrected chi connectivity index (χ3v) is 3.40. The summed E-state index contributed by atoms with van der Waals surface area (Å²) in [6.07, 6.45) is 2.83. The molecule has 1 unspecified atom stereocenters. The van der Waals surface area contributed by atoms with Crippen molar-refractivity contribution in [2.75, 3.05) is 19.7 Å². The fourth-order valence-corrected chi connectivity index (χ4v) is 2.44.